The molecule has 2 aromatic rings. The van der Waals surface area contributed by atoms with E-state index in [1.54, 1.807) is 11.3 Å². The van der Waals surface area contributed by atoms with Crippen LogP contribution < -0.4 is 5.73 Å². The second-order valence-electron chi connectivity index (χ2n) is 3.99. The van der Waals surface area contributed by atoms with Crippen molar-refractivity contribution >= 4 is 23.0 Å². The maximum Gasteiger partial charge on any atom is 0.250 e. The fourth-order valence-corrected chi connectivity index (χ4v) is 2.41. The number of fused-ring (bicyclic) bond motifs is 1. The van der Waals surface area contributed by atoms with E-state index in [1.807, 2.05) is 22.9 Å². The number of thiophene rings is 1. The summed E-state index contributed by atoms with van der Waals surface area (Å²) in [4.78, 5) is 25.3. The minimum Gasteiger partial charge on any atom is -0.366 e. The molecule has 0 spiro atoms. The topological polar surface area (TPSA) is 76.0 Å². The van der Waals surface area contributed by atoms with Gasteiger partial charge >= 0.3 is 0 Å². The summed E-state index contributed by atoms with van der Waals surface area (Å²) in [5, 5.41) is 4.08. The Hall–Kier alpha value is -1.88. The van der Waals surface area contributed by atoms with Gasteiger partial charge in [-0.25, -0.2) is 0 Å². The molecule has 3 N–H and O–H groups in total. The van der Waals surface area contributed by atoms with Crippen LogP contribution in [-0.4, -0.2) is 16.7 Å². The van der Waals surface area contributed by atoms with Gasteiger partial charge in [-0.2, -0.15) is 11.3 Å². The van der Waals surface area contributed by atoms with Gasteiger partial charge in [-0.3, -0.25) is 9.59 Å². The molecule has 0 aromatic carbocycles. The number of hydrogen-bond donors (Lipinski definition) is 2. The van der Waals surface area contributed by atoms with Crippen LogP contribution in [0.4, 0.5) is 0 Å². The van der Waals surface area contributed by atoms with Crippen LogP contribution in [0.1, 0.15) is 39.3 Å². The molecule has 0 unspecified atom stereocenters. The Balaban J connectivity index is 0.000000202. The number of aromatic amines is 1. The lowest BCUT2D eigenvalue weighted by Gasteiger charge is -2.10. The zero-order valence-electron chi connectivity index (χ0n) is 9.81. The van der Waals surface area contributed by atoms with Gasteiger partial charge in [0, 0.05) is 18.3 Å². The van der Waals surface area contributed by atoms with Crippen molar-refractivity contribution in [3.63, 3.8) is 0 Å². The van der Waals surface area contributed by atoms with Crippen molar-refractivity contribution in [2.24, 2.45) is 5.73 Å². The minimum atomic E-state index is -0.534. The van der Waals surface area contributed by atoms with Crippen molar-refractivity contribution < 1.29 is 9.59 Å². The molecule has 0 saturated heterocycles. The van der Waals surface area contributed by atoms with E-state index in [-0.39, 0.29) is 5.78 Å². The van der Waals surface area contributed by atoms with Gasteiger partial charge in [-0.05, 0) is 23.6 Å². The number of Topliss-reactive ketones (excluding diaryl/α,β-unsaturated/α-hetero) is 1. The number of aryl methyl sites for hydroxylation is 1. The van der Waals surface area contributed by atoms with Crippen molar-refractivity contribution in [2.75, 3.05) is 0 Å². The number of H-pyrrole nitrogens is 1. The monoisotopic (exact) mass is 262 g/mol. The number of ketones is 1. The van der Waals surface area contributed by atoms with Gasteiger partial charge < -0.3 is 10.7 Å². The van der Waals surface area contributed by atoms with E-state index >= 15 is 0 Å². The molecule has 4 nitrogen and oxygen atoms in total. The summed E-state index contributed by atoms with van der Waals surface area (Å²) in [6.07, 6.45) is 3.72. The van der Waals surface area contributed by atoms with E-state index in [4.69, 9.17) is 5.73 Å². The number of carbonyl (C=O) groups is 2. The van der Waals surface area contributed by atoms with E-state index < -0.39 is 5.91 Å². The predicted molar refractivity (Wildman–Crippen MR) is 70.9 cm³/mol. The molecule has 0 fully saturated rings. The van der Waals surface area contributed by atoms with Gasteiger partial charge in [-0.15, -0.1) is 0 Å². The number of nitrogens with one attached hydrogen (secondary N) is 1. The highest BCUT2D eigenvalue weighted by Crippen LogP contribution is 2.23. The van der Waals surface area contributed by atoms with Gasteiger partial charge in [0.25, 0.3) is 5.91 Å². The van der Waals surface area contributed by atoms with E-state index in [0.29, 0.717) is 17.5 Å². The standard InChI is InChI=1S/C9H10N2O2.C4H4S/c10-9(13)5-4-11-6-2-1-3-7(12)8(5)6;1-2-4-5-3-1/h4,11H,1-3H2,(H2,10,13);1-4H. The van der Waals surface area contributed by atoms with Crippen LogP contribution in [-0.2, 0) is 6.42 Å². The second kappa shape index (κ2) is 5.64. The molecule has 2 aromatic heterocycles. The summed E-state index contributed by atoms with van der Waals surface area (Å²) in [7, 11) is 0. The molecule has 0 atom stereocenters. The number of hydrogen-bond acceptors (Lipinski definition) is 3. The summed E-state index contributed by atoms with van der Waals surface area (Å²) < 4.78 is 0. The second-order valence-corrected chi connectivity index (χ2v) is 4.81. The van der Waals surface area contributed by atoms with E-state index in [2.05, 4.69) is 4.98 Å². The van der Waals surface area contributed by atoms with E-state index in [9.17, 15) is 9.59 Å². The first-order valence-corrected chi connectivity index (χ1v) is 6.65. The normalized spacial score (nSPS) is 13.4. The molecule has 5 heteroatoms. The Kier molecular flexibility index (Phi) is 3.94. The molecule has 3 rings (SSSR count). The van der Waals surface area contributed by atoms with E-state index in [0.717, 1.165) is 18.5 Å². The number of aromatic nitrogens is 1. The third-order valence-corrected chi connectivity index (χ3v) is 3.39. The fourth-order valence-electron chi connectivity index (χ4n) is 1.95. The highest BCUT2D eigenvalue weighted by Gasteiger charge is 2.24. The summed E-state index contributed by atoms with van der Waals surface area (Å²) in [5.41, 5.74) is 6.83. The van der Waals surface area contributed by atoms with Crippen LogP contribution in [0, 0.1) is 0 Å². The highest BCUT2D eigenvalue weighted by molar-refractivity contribution is 7.07. The van der Waals surface area contributed by atoms with Gasteiger partial charge in [0.1, 0.15) is 0 Å². The molecule has 94 valence electrons. The molecule has 0 aliphatic heterocycles. The lowest BCUT2D eigenvalue weighted by atomic mass is 9.94. The van der Waals surface area contributed by atoms with Gasteiger partial charge in [0.15, 0.2) is 5.78 Å². The third kappa shape index (κ3) is 2.68. The van der Waals surface area contributed by atoms with Gasteiger partial charge in [0.2, 0.25) is 0 Å². The summed E-state index contributed by atoms with van der Waals surface area (Å²) in [6.45, 7) is 0. The van der Waals surface area contributed by atoms with Crippen molar-refractivity contribution in [3.05, 3.63) is 45.9 Å². The third-order valence-electron chi connectivity index (χ3n) is 2.76. The number of primary amides is 1. The molecule has 18 heavy (non-hydrogen) atoms. The van der Waals surface area contributed by atoms with Crippen LogP contribution in [0.5, 0.6) is 0 Å². The molecule has 0 bridgehead atoms. The zero-order valence-corrected chi connectivity index (χ0v) is 10.6. The van der Waals surface area contributed by atoms with Crippen molar-refractivity contribution in [1.82, 2.24) is 4.98 Å². The lowest BCUT2D eigenvalue weighted by Crippen LogP contribution is -2.17. The Morgan fingerprint density at radius 2 is 2.00 bits per heavy atom. The average molecular weight is 262 g/mol. The Bertz CT molecular complexity index is 526. The summed E-state index contributed by atoms with van der Waals surface area (Å²) in [6, 6.07) is 4.04. The molecule has 0 radical (unpaired) electrons. The molecular formula is C13H14N2O2S. The largest absolute Gasteiger partial charge is 0.366 e. The maximum atomic E-state index is 11.4. The lowest BCUT2D eigenvalue weighted by molar-refractivity contribution is 0.0950. The summed E-state index contributed by atoms with van der Waals surface area (Å²) in [5.74, 6) is -0.510. The maximum absolute atomic E-state index is 11.4. The zero-order chi connectivity index (χ0) is 13.0. The quantitative estimate of drug-likeness (QED) is 0.827. The molecule has 1 aliphatic carbocycles. The number of carbonyl (C=O) groups excluding carboxylic acids is 2. The first-order chi connectivity index (χ1) is 8.70. The van der Waals surface area contributed by atoms with Gasteiger partial charge in [0.05, 0.1) is 11.1 Å². The first-order valence-electron chi connectivity index (χ1n) is 5.70. The highest BCUT2D eigenvalue weighted by atomic mass is 32.1. The Morgan fingerprint density at radius 3 is 2.56 bits per heavy atom. The molecule has 0 saturated carbocycles. The fraction of sp³-hybridized carbons (Fsp3) is 0.231. The van der Waals surface area contributed by atoms with Gasteiger partial charge in [-0.1, -0.05) is 12.1 Å². The predicted octanol–water partition coefficient (Wildman–Crippen LogP) is 2.38. The SMILES string of the molecule is NC(=O)c1c[nH]c2c1C(=O)CCC2.c1ccsc1. The van der Waals surface area contributed by atoms with Crippen LogP contribution in [0.3, 0.4) is 0 Å². The molecular weight excluding hydrogens is 248 g/mol. The Labute approximate surface area is 109 Å². The number of rotatable bonds is 1. The average Bonchev–Trinajstić information content (AvgIpc) is 3.02. The molecule has 1 amide bonds. The smallest absolute Gasteiger partial charge is 0.250 e. The van der Waals surface area contributed by atoms with E-state index in [1.165, 1.54) is 6.20 Å². The molecule has 2 heterocycles. The molecule has 1 aliphatic rings. The summed E-state index contributed by atoms with van der Waals surface area (Å²) >= 11 is 1.71. The van der Waals surface area contributed by atoms with Crippen LogP contribution in [0.15, 0.2) is 29.1 Å². The first kappa shape index (κ1) is 12.6. The van der Waals surface area contributed by atoms with Crippen LogP contribution in [0.25, 0.3) is 0 Å². The van der Waals surface area contributed by atoms with Crippen LogP contribution >= 0.6 is 11.3 Å². The van der Waals surface area contributed by atoms with Crippen molar-refractivity contribution in [1.29, 1.82) is 0 Å². The minimum absolute atomic E-state index is 0.0244. The Morgan fingerprint density at radius 1 is 1.28 bits per heavy atom. The van der Waals surface area contributed by atoms with Crippen molar-refractivity contribution in [3.8, 4) is 0 Å². The van der Waals surface area contributed by atoms with Crippen molar-refractivity contribution in [2.45, 2.75) is 19.3 Å². The number of nitrogens with two attached hydrogens (primary N) is 1. The number of amides is 1. The van der Waals surface area contributed by atoms with Crippen LogP contribution in [0.2, 0.25) is 0 Å².